The van der Waals surface area contributed by atoms with Crippen molar-refractivity contribution in [3.05, 3.63) is 52.1 Å². The molecule has 1 aromatic carbocycles. The molecule has 1 heterocycles. The van der Waals surface area contributed by atoms with Crippen molar-refractivity contribution >= 4 is 34.9 Å². The van der Waals surface area contributed by atoms with Crippen molar-refractivity contribution in [1.82, 2.24) is 4.98 Å². The van der Waals surface area contributed by atoms with Gasteiger partial charge in [-0.15, -0.1) is 0 Å². The van der Waals surface area contributed by atoms with Gasteiger partial charge in [0.15, 0.2) is 11.6 Å². The maximum Gasteiger partial charge on any atom is 0.258 e. The molecule has 1 aromatic heterocycles. The van der Waals surface area contributed by atoms with Crippen molar-refractivity contribution in [2.24, 2.45) is 0 Å². The van der Waals surface area contributed by atoms with E-state index >= 15 is 0 Å². The predicted molar refractivity (Wildman–Crippen MR) is 75.2 cm³/mol. The Balaban J connectivity index is 2.26. The number of hydrogen-bond donors (Lipinski definition) is 1. The van der Waals surface area contributed by atoms with Gasteiger partial charge in [-0.3, -0.25) is 4.79 Å². The summed E-state index contributed by atoms with van der Waals surface area (Å²) in [5.41, 5.74) is 0.318. The number of carbonyl (C=O) groups excluding carboxylic acids is 1. The highest BCUT2D eigenvalue weighted by molar-refractivity contribution is 6.37. The Morgan fingerprint density at radius 2 is 2.11 bits per heavy atom. The molecule has 0 bridgehead atoms. The van der Waals surface area contributed by atoms with Crippen LogP contribution in [0.15, 0.2) is 36.5 Å². The molecule has 98 valence electrons. The molecule has 2 aromatic rings. The maximum atomic E-state index is 12.1. The standard InChI is InChI=1S/C13H10Cl2N2O2/c1-19-11-3-2-6-16-12(11)17-13(18)9-5-4-8(14)7-10(9)15/h2-7H,1H3,(H,16,17,18). The first-order chi connectivity index (χ1) is 9.11. The van der Waals surface area contributed by atoms with E-state index in [0.717, 1.165) is 0 Å². The summed E-state index contributed by atoms with van der Waals surface area (Å²) in [5.74, 6) is 0.431. The summed E-state index contributed by atoms with van der Waals surface area (Å²) in [4.78, 5) is 16.1. The number of nitrogens with zero attached hydrogens (tertiary/aromatic N) is 1. The molecule has 6 heteroatoms. The Morgan fingerprint density at radius 3 is 2.79 bits per heavy atom. The average molecular weight is 297 g/mol. The molecule has 2 rings (SSSR count). The number of amides is 1. The molecule has 0 fully saturated rings. The lowest BCUT2D eigenvalue weighted by Crippen LogP contribution is -2.14. The number of hydrogen-bond acceptors (Lipinski definition) is 3. The second-order valence-corrected chi connectivity index (χ2v) is 4.48. The molecule has 4 nitrogen and oxygen atoms in total. The fourth-order valence-corrected chi connectivity index (χ4v) is 1.99. The number of aromatic nitrogens is 1. The second kappa shape index (κ2) is 5.91. The van der Waals surface area contributed by atoms with Gasteiger partial charge in [-0.05, 0) is 30.3 Å². The summed E-state index contributed by atoms with van der Waals surface area (Å²) < 4.78 is 5.10. The van der Waals surface area contributed by atoms with Gasteiger partial charge in [-0.1, -0.05) is 23.2 Å². The fourth-order valence-electron chi connectivity index (χ4n) is 1.50. The van der Waals surface area contributed by atoms with Crippen LogP contribution >= 0.6 is 23.2 Å². The lowest BCUT2D eigenvalue weighted by atomic mass is 10.2. The lowest BCUT2D eigenvalue weighted by molar-refractivity contribution is 0.102. The monoisotopic (exact) mass is 296 g/mol. The van der Waals surface area contributed by atoms with Gasteiger partial charge >= 0.3 is 0 Å². The van der Waals surface area contributed by atoms with Gasteiger partial charge in [0.05, 0.1) is 17.7 Å². The van der Waals surface area contributed by atoms with Gasteiger partial charge in [-0.2, -0.15) is 0 Å². The van der Waals surface area contributed by atoms with E-state index < -0.39 is 0 Å². The van der Waals surface area contributed by atoms with E-state index in [2.05, 4.69) is 10.3 Å². The van der Waals surface area contributed by atoms with Gasteiger partial charge in [-0.25, -0.2) is 4.98 Å². The van der Waals surface area contributed by atoms with Crippen molar-refractivity contribution in [2.45, 2.75) is 0 Å². The Bertz CT molecular complexity index is 617. The van der Waals surface area contributed by atoms with Gasteiger partial charge < -0.3 is 10.1 Å². The molecule has 0 saturated heterocycles. The van der Waals surface area contributed by atoms with Crippen LogP contribution in [0.2, 0.25) is 10.0 Å². The molecule has 0 aliphatic rings. The molecule has 1 N–H and O–H groups in total. The number of pyridine rings is 1. The van der Waals surface area contributed by atoms with E-state index in [-0.39, 0.29) is 10.9 Å². The zero-order valence-electron chi connectivity index (χ0n) is 9.98. The summed E-state index contributed by atoms with van der Waals surface area (Å²) in [6.07, 6.45) is 1.56. The van der Waals surface area contributed by atoms with Crippen LogP contribution in [-0.4, -0.2) is 18.0 Å². The normalized spacial score (nSPS) is 10.1. The Hall–Kier alpha value is -1.78. The molecular weight excluding hydrogens is 287 g/mol. The number of rotatable bonds is 3. The number of benzene rings is 1. The fraction of sp³-hybridized carbons (Fsp3) is 0.0769. The number of methoxy groups -OCH3 is 1. The summed E-state index contributed by atoms with van der Waals surface area (Å²) in [6.45, 7) is 0. The summed E-state index contributed by atoms with van der Waals surface area (Å²) in [7, 11) is 1.50. The largest absolute Gasteiger partial charge is 0.493 e. The Kier molecular flexibility index (Phi) is 4.24. The van der Waals surface area contributed by atoms with E-state index in [9.17, 15) is 4.79 Å². The molecular formula is C13H10Cl2N2O2. The van der Waals surface area contributed by atoms with Crippen LogP contribution in [0.5, 0.6) is 5.75 Å². The van der Waals surface area contributed by atoms with Crippen LogP contribution in [0.1, 0.15) is 10.4 Å². The summed E-state index contributed by atoms with van der Waals surface area (Å²) in [6, 6.07) is 8.07. The van der Waals surface area contributed by atoms with Crippen LogP contribution in [0.4, 0.5) is 5.82 Å². The third-order valence-corrected chi connectivity index (χ3v) is 2.95. The minimum Gasteiger partial charge on any atom is -0.493 e. The first kappa shape index (κ1) is 13.6. The van der Waals surface area contributed by atoms with Crippen molar-refractivity contribution in [1.29, 1.82) is 0 Å². The van der Waals surface area contributed by atoms with Crippen molar-refractivity contribution < 1.29 is 9.53 Å². The second-order valence-electron chi connectivity index (χ2n) is 3.63. The molecule has 0 saturated carbocycles. The SMILES string of the molecule is COc1cccnc1NC(=O)c1ccc(Cl)cc1Cl. The Labute approximate surface area is 120 Å². The highest BCUT2D eigenvalue weighted by atomic mass is 35.5. The van der Waals surface area contributed by atoms with Gasteiger partial charge in [0, 0.05) is 11.2 Å². The van der Waals surface area contributed by atoms with Gasteiger partial charge in [0.1, 0.15) is 0 Å². The average Bonchev–Trinajstić information content (AvgIpc) is 2.39. The quantitative estimate of drug-likeness (QED) is 0.940. The van der Waals surface area contributed by atoms with E-state index in [1.54, 1.807) is 30.5 Å². The molecule has 0 atom stereocenters. The van der Waals surface area contributed by atoms with Crippen LogP contribution in [-0.2, 0) is 0 Å². The number of nitrogens with one attached hydrogen (secondary N) is 1. The van der Waals surface area contributed by atoms with E-state index in [1.807, 2.05) is 0 Å². The van der Waals surface area contributed by atoms with Crippen LogP contribution in [0.3, 0.4) is 0 Å². The molecule has 0 radical (unpaired) electrons. The zero-order chi connectivity index (χ0) is 13.8. The van der Waals surface area contributed by atoms with E-state index in [1.165, 1.54) is 13.2 Å². The zero-order valence-corrected chi connectivity index (χ0v) is 11.5. The third-order valence-electron chi connectivity index (χ3n) is 2.40. The summed E-state index contributed by atoms with van der Waals surface area (Å²) in [5, 5.41) is 3.38. The van der Waals surface area contributed by atoms with Crippen LogP contribution in [0, 0.1) is 0 Å². The lowest BCUT2D eigenvalue weighted by Gasteiger charge is -2.09. The minimum absolute atomic E-state index is 0.278. The maximum absolute atomic E-state index is 12.1. The Morgan fingerprint density at radius 1 is 1.32 bits per heavy atom. The molecule has 0 unspecified atom stereocenters. The molecule has 0 spiro atoms. The van der Waals surface area contributed by atoms with Crippen molar-refractivity contribution in [3.63, 3.8) is 0 Å². The van der Waals surface area contributed by atoms with Crippen LogP contribution in [0.25, 0.3) is 0 Å². The van der Waals surface area contributed by atoms with E-state index in [0.29, 0.717) is 22.2 Å². The van der Waals surface area contributed by atoms with Crippen LogP contribution < -0.4 is 10.1 Å². The highest BCUT2D eigenvalue weighted by Crippen LogP contribution is 2.24. The molecule has 0 aliphatic carbocycles. The minimum atomic E-state index is -0.376. The molecule has 1 amide bonds. The smallest absolute Gasteiger partial charge is 0.258 e. The summed E-state index contributed by atoms with van der Waals surface area (Å²) >= 11 is 11.7. The molecule has 0 aliphatic heterocycles. The van der Waals surface area contributed by atoms with Gasteiger partial charge in [0.2, 0.25) is 0 Å². The number of carbonyl (C=O) groups is 1. The topological polar surface area (TPSA) is 51.2 Å². The molecule has 19 heavy (non-hydrogen) atoms. The third kappa shape index (κ3) is 3.16. The first-order valence-corrected chi connectivity index (χ1v) is 6.13. The van der Waals surface area contributed by atoms with Gasteiger partial charge in [0.25, 0.3) is 5.91 Å². The highest BCUT2D eigenvalue weighted by Gasteiger charge is 2.13. The van der Waals surface area contributed by atoms with Crippen molar-refractivity contribution in [2.75, 3.05) is 12.4 Å². The predicted octanol–water partition coefficient (Wildman–Crippen LogP) is 3.65. The number of anilines is 1. The van der Waals surface area contributed by atoms with Crippen molar-refractivity contribution in [3.8, 4) is 5.75 Å². The number of halogens is 2. The number of ether oxygens (including phenoxy) is 1. The first-order valence-electron chi connectivity index (χ1n) is 5.37. The van der Waals surface area contributed by atoms with E-state index in [4.69, 9.17) is 27.9 Å².